The van der Waals surface area contributed by atoms with Crippen LogP contribution in [0.5, 0.6) is 0 Å². The molecule has 0 aliphatic heterocycles. The van der Waals surface area contributed by atoms with Crippen molar-refractivity contribution in [3.05, 3.63) is 34.6 Å². The first-order valence-corrected chi connectivity index (χ1v) is 4.80. The van der Waals surface area contributed by atoms with Gasteiger partial charge in [0.05, 0.1) is 10.6 Å². The standard InChI is InChI=1S/C10H8ClFS/c11-9-6-3-5-8(10(9)12)4-1-2-7-13/h3,5-6,13H,2,7H2. The summed E-state index contributed by atoms with van der Waals surface area (Å²) < 4.78 is 13.2. The first-order valence-electron chi connectivity index (χ1n) is 3.79. The predicted octanol–water partition coefficient (Wildman–Crippen LogP) is 3.15. The van der Waals surface area contributed by atoms with Gasteiger partial charge in [-0.05, 0) is 12.1 Å². The maximum atomic E-state index is 13.2. The quantitative estimate of drug-likeness (QED) is 0.539. The van der Waals surface area contributed by atoms with E-state index in [0.29, 0.717) is 17.7 Å². The van der Waals surface area contributed by atoms with Gasteiger partial charge in [0.1, 0.15) is 0 Å². The predicted molar refractivity (Wildman–Crippen MR) is 56.8 cm³/mol. The van der Waals surface area contributed by atoms with Gasteiger partial charge < -0.3 is 0 Å². The summed E-state index contributed by atoms with van der Waals surface area (Å²) in [5, 5.41) is 0.109. The van der Waals surface area contributed by atoms with Gasteiger partial charge in [0.15, 0.2) is 5.82 Å². The Labute approximate surface area is 87.5 Å². The zero-order valence-corrected chi connectivity index (χ0v) is 8.50. The van der Waals surface area contributed by atoms with Gasteiger partial charge in [0.2, 0.25) is 0 Å². The largest absolute Gasteiger partial charge is 0.204 e. The monoisotopic (exact) mass is 214 g/mol. The molecule has 0 saturated heterocycles. The normalized spacial score (nSPS) is 9.15. The van der Waals surface area contributed by atoms with Crippen molar-refractivity contribution in [2.45, 2.75) is 6.42 Å². The summed E-state index contributed by atoms with van der Waals surface area (Å²) in [6, 6.07) is 4.78. The van der Waals surface area contributed by atoms with Crippen LogP contribution in [-0.4, -0.2) is 5.75 Å². The van der Waals surface area contributed by atoms with Crippen molar-refractivity contribution in [3.8, 4) is 11.8 Å². The lowest BCUT2D eigenvalue weighted by molar-refractivity contribution is 0.625. The Balaban J connectivity index is 2.91. The van der Waals surface area contributed by atoms with Gasteiger partial charge in [-0.3, -0.25) is 0 Å². The molecule has 3 heteroatoms. The molecule has 0 heterocycles. The Hall–Kier alpha value is -0.650. The summed E-state index contributed by atoms with van der Waals surface area (Å²) in [6.45, 7) is 0. The molecule has 0 saturated carbocycles. The highest BCUT2D eigenvalue weighted by Crippen LogP contribution is 2.16. The van der Waals surface area contributed by atoms with E-state index in [9.17, 15) is 4.39 Å². The fourth-order valence-electron chi connectivity index (χ4n) is 0.814. The molecule has 1 rings (SSSR count). The highest BCUT2D eigenvalue weighted by Gasteiger charge is 2.02. The average molecular weight is 215 g/mol. The highest BCUT2D eigenvalue weighted by atomic mass is 35.5. The molecule has 0 aromatic heterocycles. The fraction of sp³-hybridized carbons (Fsp3) is 0.200. The van der Waals surface area contributed by atoms with Crippen LogP contribution in [0.15, 0.2) is 18.2 Å². The molecule has 0 aliphatic carbocycles. The van der Waals surface area contributed by atoms with E-state index in [2.05, 4.69) is 24.5 Å². The highest BCUT2D eigenvalue weighted by molar-refractivity contribution is 7.80. The van der Waals surface area contributed by atoms with E-state index in [0.717, 1.165) is 0 Å². The topological polar surface area (TPSA) is 0 Å². The van der Waals surface area contributed by atoms with Crippen molar-refractivity contribution in [1.82, 2.24) is 0 Å². The fourth-order valence-corrected chi connectivity index (χ4v) is 1.10. The van der Waals surface area contributed by atoms with Crippen LogP contribution in [0, 0.1) is 17.7 Å². The van der Waals surface area contributed by atoms with Crippen LogP contribution < -0.4 is 0 Å². The minimum absolute atomic E-state index is 0.109. The Morgan fingerprint density at radius 1 is 1.46 bits per heavy atom. The second-order valence-electron chi connectivity index (χ2n) is 2.38. The van der Waals surface area contributed by atoms with Gasteiger partial charge >= 0.3 is 0 Å². The summed E-state index contributed by atoms with van der Waals surface area (Å²) in [6.07, 6.45) is 0.648. The second-order valence-corrected chi connectivity index (χ2v) is 3.23. The Bertz CT molecular complexity index is 352. The Morgan fingerprint density at radius 3 is 2.92 bits per heavy atom. The molecule has 0 fully saturated rings. The van der Waals surface area contributed by atoms with Gasteiger partial charge in [-0.25, -0.2) is 4.39 Å². The van der Waals surface area contributed by atoms with Crippen LogP contribution in [-0.2, 0) is 0 Å². The zero-order chi connectivity index (χ0) is 9.68. The number of hydrogen-bond donors (Lipinski definition) is 1. The summed E-state index contributed by atoms with van der Waals surface area (Å²) >= 11 is 9.56. The average Bonchev–Trinajstić information content (AvgIpc) is 2.13. The van der Waals surface area contributed by atoms with Crippen molar-refractivity contribution < 1.29 is 4.39 Å². The molecular weight excluding hydrogens is 207 g/mol. The van der Waals surface area contributed by atoms with Crippen LogP contribution in [0.2, 0.25) is 5.02 Å². The van der Waals surface area contributed by atoms with E-state index < -0.39 is 5.82 Å². The number of thiol groups is 1. The van der Waals surface area contributed by atoms with Crippen LogP contribution in [0.1, 0.15) is 12.0 Å². The molecule has 1 aromatic carbocycles. The van der Waals surface area contributed by atoms with Gasteiger partial charge in [0, 0.05) is 12.2 Å². The third-order valence-corrected chi connectivity index (χ3v) is 1.93. The van der Waals surface area contributed by atoms with E-state index in [1.54, 1.807) is 12.1 Å². The van der Waals surface area contributed by atoms with E-state index in [1.165, 1.54) is 6.07 Å². The number of halogens is 2. The molecule has 0 nitrogen and oxygen atoms in total. The first-order chi connectivity index (χ1) is 6.25. The molecule has 0 N–H and O–H groups in total. The molecule has 0 amide bonds. The summed E-state index contributed by atoms with van der Waals surface area (Å²) in [4.78, 5) is 0. The van der Waals surface area contributed by atoms with E-state index in [1.807, 2.05) is 0 Å². The molecule has 0 bridgehead atoms. The SMILES string of the molecule is Fc1c(Cl)cccc1C#CCCS. The number of hydrogen-bond acceptors (Lipinski definition) is 1. The maximum Gasteiger partial charge on any atom is 0.157 e. The third kappa shape index (κ3) is 2.95. The lowest BCUT2D eigenvalue weighted by Crippen LogP contribution is -1.83. The third-order valence-electron chi connectivity index (χ3n) is 1.41. The number of benzene rings is 1. The van der Waals surface area contributed by atoms with Crippen molar-refractivity contribution in [3.63, 3.8) is 0 Å². The Kier molecular flexibility index (Phi) is 4.14. The van der Waals surface area contributed by atoms with E-state index >= 15 is 0 Å². The minimum Gasteiger partial charge on any atom is -0.204 e. The molecule has 13 heavy (non-hydrogen) atoms. The lowest BCUT2D eigenvalue weighted by atomic mass is 10.2. The van der Waals surface area contributed by atoms with Crippen LogP contribution in [0.3, 0.4) is 0 Å². The molecule has 68 valence electrons. The van der Waals surface area contributed by atoms with Crippen molar-refractivity contribution in [2.24, 2.45) is 0 Å². The molecule has 0 unspecified atom stereocenters. The van der Waals surface area contributed by atoms with Crippen molar-refractivity contribution in [2.75, 3.05) is 5.75 Å². The second kappa shape index (κ2) is 5.16. The molecule has 0 atom stereocenters. The van der Waals surface area contributed by atoms with Crippen molar-refractivity contribution in [1.29, 1.82) is 0 Å². The summed E-state index contributed by atoms with van der Waals surface area (Å²) in [5.74, 6) is 5.72. The molecule has 1 aromatic rings. The van der Waals surface area contributed by atoms with Crippen LogP contribution >= 0.6 is 24.2 Å². The van der Waals surface area contributed by atoms with Crippen molar-refractivity contribution >= 4 is 24.2 Å². The smallest absolute Gasteiger partial charge is 0.157 e. The van der Waals surface area contributed by atoms with Crippen LogP contribution in [0.25, 0.3) is 0 Å². The Morgan fingerprint density at radius 2 is 2.23 bits per heavy atom. The van der Waals surface area contributed by atoms with E-state index in [-0.39, 0.29) is 5.02 Å². The van der Waals surface area contributed by atoms with Gasteiger partial charge in [-0.2, -0.15) is 12.6 Å². The molecule has 0 radical (unpaired) electrons. The van der Waals surface area contributed by atoms with Gasteiger partial charge in [0.25, 0.3) is 0 Å². The minimum atomic E-state index is -0.448. The van der Waals surface area contributed by atoms with Gasteiger partial charge in [-0.15, -0.1) is 0 Å². The number of rotatable bonds is 1. The van der Waals surface area contributed by atoms with E-state index in [4.69, 9.17) is 11.6 Å². The van der Waals surface area contributed by atoms with Crippen LogP contribution in [0.4, 0.5) is 4.39 Å². The first kappa shape index (κ1) is 10.4. The van der Waals surface area contributed by atoms with Gasteiger partial charge in [-0.1, -0.05) is 29.5 Å². The molecule has 0 aliphatic rings. The summed E-state index contributed by atoms with van der Waals surface area (Å²) in [7, 11) is 0. The zero-order valence-electron chi connectivity index (χ0n) is 6.85. The lowest BCUT2D eigenvalue weighted by Gasteiger charge is -1.95. The summed E-state index contributed by atoms with van der Waals surface area (Å²) in [5.41, 5.74) is 0.342. The molecular formula is C10H8ClFS. The maximum absolute atomic E-state index is 13.2. The molecule has 0 spiro atoms.